The molecular formula is C16H20ClNO2. The van der Waals surface area contributed by atoms with Crippen molar-refractivity contribution in [2.75, 3.05) is 13.1 Å². The number of rotatable bonds is 4. The maximum atomic E-state index is 12.1. The molecule has 3 nitrogen and oxygen atoms in total. The number of likely N-dealkylation sites (tertiary alicyclic amines) is 1. The minimum Gasteiger partial charge on any atom is -0.386 e. The second-order valence-corrected chi connectivity index (χ2v) is 6.62. The first kappa shape index (κ1) is 13.9. The van der Waals surface area contributed by atoms with Gasteiger partial charge in [0.2, 0.25) is 5.91 Å². The fourth-order valence-corrected chi connectivity index (χ4v) is 3.07. The molecule has 1 amide bonds. The number of nitrogens with zero attached hydrogens (tertiary/aromatic N) is 1. The SMILES string of the molecule is Cc1ccc(CCC(=O)N2CC(O)(C3CC3)C2)cc1Cl. The van der Waals surface area contributed by atoms with Crippen LogP contribution in [-0.2, 0) is 11.2 Å². The monoisotopic (exact) mass is 293 g/mol. The minimum absolute atomic E-state index is 0.132. The van der Waals surface area contributed by atoms with Gasteiger partial charge in [0.05, 0.1) is 13.1 Å². The highest BCUT2D eigenvalue weighted by atomic mass is 35.5. The topological polar surface area (TPSA) is 40.5 Å². The van der Waals surface area contributed by atoms with Gasteiger partial charge in [-0.25, -0.2) is 0 Å². The van der Waals surface area contributed by atoms with Crippen LogP contribution in [0.25, 0.3) is 0 Å². The van der Waals surface area contributed by atoms with E-state index in [4.69, 9.17) is 11.6 Å². The number of halogens is 1. The van der Waals surface area contributed by atoms with Crippen molar-refractivity contribution in [3.63, 3.8) is 0 Å². The molecule has 0 radical (unpaired) electrons. The normalized spacial score (nSPS) is 20.6. The molecule has 1 aromatic carbocycles. The zero-order valence-electron chi connectivity index (χ0n) is 11.7. The van der Waals surface area contributed by atoms with Gasteiger partial charge >= 0.3 is 0 Å². The molecule has 4 heteroatoms. The lowest BCUT2D eigenvalue weighted by atomic mass is 9.88. The van der Waals surface area contributed by atoms with Gasteiger partial charge in [0.25, 0.3) is 0 Å². The van der Waals surface area contributed by atoms with Crippen LogP contribution in [0.4, 0.5) is 0 Å². The van der Waals surface area contributed by atoms with Crippen molar-refractivity contribution in [2.45, 2.75) is 38.2 Å². The zero-order valence-corrected chi connectivity index (χ0v) is 12.5. The second-order valence-electron chi connectivity index (χ2n) is 6.21. The molecule has 2 fully saturated rings. The van der Waals surface area contributed by atoms with E-state index in [9.17, 15) is 9.90 Å². The first-order chi connectivity index (χ1) is 9.48. The van der Waals surface area contributed by atoms with Crippen LogP contribution in [0, 0.1) is 12.8 Å². The number of carbonyl (C=O) groups is 1. The average Bonchev–Trinajstić information content (AvgIpc) is 3.20. The summed E-state index contributed by atoms with van der Waals surface area (Å²) in [5.41, 5.74) is 1.56. The fourth-order valence-electron chi connectivity index (χ4n) is 2.87. The molecule has 20 heavy (non-hydrogen) atoms. The van der Waals surface area contributed by atoms with Crippen LogP contribution < -0.4 is 0 Å². The van der Waals surface area contributed by atoms with E-state index >= 15 is 0 Å². The van der Waals surface area contributed by atoms with Gasteiger partial charge in [-0.1, -0.05) is 23.7 Å². The first-order valence-corrected chi connectivity index (χ1v) is 7.61. The van der Waals surface area contributed by atoms with Crippen LogP contribution in [0.3, 0.4) is 0 Å². The van der Waals surface area contributed by atoms with Gasteiger partial charge in [0.15, 0.2) is 0 Å². The number of hydrogen-bond acceptors (Lipinski definition) is 2. The van der Waals surface area contributed by atoms with Gasteiger partial charge in [0, 0.05) is 11.4 Å². The smallest absolute Gasteiger partial charge is 0.223 e. The zero-order chi connectivity index (χ0) is 14.3. The molecule has 3 rings (SSSR count). The van der Waals surface area contributed by atoms with Crippen molar-refractivity contribution in [3.8, 4) is 0 Å². The Bertz CT molecular complexity index is 533. The van der Waals surface area contributed by atoms with Crippen LogP contribution in [0.1, 0.15) is 30.4 Å². The predicted molar refractivity (Wildman–Crippen MR) is 78.8 cm³/mol. The van der Waals surface area contributed by atoms with Crippen LogP contribution in [0.15, 0.2) is 18.2 Å². The molecule has 1 saturated heterocycles. The van der Waals surface area contributed by atoms with Gasteiger partial charge in [-0.15, -0.1) is 0 Å². The number of hydrogen-bond donors (Lipinski definition) is 1. The molecule has 1 aromatic rings. The molecule has 0 spiro atoms. The van der Waals surface area contributed by atoms with Gasteiger partial charge in [-0.3, -0.25) is 4.79 Å². The number of amides is 1. The molecule has 1 heterocycles. The van der Waals surface area contributed by atoms with Crippen molar-refractivity contribution < 1.29 is 9.90 Å². The van der Waals surface area contributed by atoms with Crippen molar-refractivity contribution in [1.82, 2.24) is 4.90 Å². The van der Waals surface area contributed by atoms with Gasteiger partial charge in [-0.05, 0) is 49.3 Å². The van der Waals surface area contributed by atoms with E-state index < -0.39 is 5.60 Å². The van der Waals surface area contributed by atoms with Crippen molar-refractivity contribution in [2.24, 2.45) is 5.92 Å². The number of aliphatic hydroxyl groups is 1. The number of benzene rings is 1. The highest BCUT2D eigenvalue weighted by Crippen LogP contribution is 2.44. The molecule has 1 aliphatic heterocycles. The third kappa shape index (κ3) is 2.70. The van der Waals surface area contributed by atoms with Crippen LogP contribution in [0.2, 0.25) is 5.02 Å². The lowest BCUT2D eigenvalue weighted by Gasteiger charge is -2.47. The summed E-state index contributed by atoms with van der Waals surface area (Å²) in [5.74, 6) is 0.564. The molecule has 1 N–H and O–H groups in total. The average molecular weight is 294 g/mol. The summed E-state index contributed by atoms with van der Waals surface area (Å²) in [4.78, 5) is 13.8. The van der Waals surface area contributed by atoms with E-state index in [-0.39, 0.29) is 5.91 Å². The molecule has 1 aliphatic carbocycles. The Kier molecular flexibility index (Phi) is 3.51. The van der Waals surface area contributed by atoms with Gasteiger partial charge < -0.3 is 10.0 Å². The fraction of sp³-hybridized carbons (Fsp3) is 0.562. The molecule has 0 atom stereocenters. The Morgan fingerprint density at radius 1 is 1.45 bits per heavy atom. The Morgan fingerprint density at radius 2 is 2.15 bits per heavy atom. The lowest BCUT2D eigenvalue weighted by molar-refractivity contribution is -0.159. The van der Waals surface area contributed by atoms with E-state index in [1.165, 1.54) is 0 Å². The number of carbonyl (C=O) groups excluding carboxylic acids is 1. The van der Waals surface area contributed by atoms with E-state index in [0.717, 1.165) is 29.0 Å². The quantitative estimate of drug-likeness (QED) is 0.927. The Morgan fingerprint density at radius 3 is 2.75 bits per heavy atom. The van der Waals surface area contributed by atoms with E-state index in [2.05, 4.69) is 0 Å². The number of aryl methyl sites for hydroxylation is 2. The summed E-state index contributed by atoms with van der Waals surface area (Å²) in [5, 5.41) is 11.0. The summed E-state index contributed by atoms with van der Waals surface area (Å²) >= 11 is 6.08. The Balaban J connectivity index is 1.49. The summed E-state index contributed by atoms with van der Waals surface area (Å²) in [6.45, 7) is 3.01. The van der Waals surface area contributed by atoms with Gasteiger partial charge in [0.1, 0.15) is 5.60 Å². The first-order valence-electron chi connectivity index (χ1n) is 7.23. The van der Waals surface area contributed by atoms with Gasteiger partial charge in [-0.2, -0.15) is 0 Å². The van der Waals surface area contributed by atoms with E-state index in [1.807, 2.05) is 25.1 Å². The van der Waals surface area contributed by atoms with Crippen molar-refractivity contribution in [3.05, 3.63) is 34.3 Å². The predicted octanol–water partition coefficient (Wildman–Crippen LogP) is 2.56. The second kappa shape index (κ2) is 5.05. The van der Waals surface area contributed by atoms with Crippen molar-refractivity contribution >= 4 is 17.5 Å². The summed E-state index contributed by atoms with van der Waals surface area (Å²) in [6.07, 6.45) is 3.41. The molecule has 0 bridgehead atoms. The Hall–Kier alpha value is -1.06. The molecule has 0 aromatic heterocycles. The van der Waals surface area contributed by atoms with Crippen molar-refractivity contribution in [1.29, 1.82) is 0 Å². The maximum absolute atomic E-state index is 12.1. The summed E-state index contributed by atoms with van der Waals surface area (Å²) in [7, 11) is 0. The molecule has 108 valence electrons. The molecule has 1 saturated carbocycles. The number of β-amino-alcohol motifs (C(OH)–C–C–N with tert-alkyl or cyclic N) is 1. The third-order valence-electron chi connectivity index (χ3n) is 4.48. The molecule has 0 unspecified atom stereocenters. The Labute approximate surface area is 124 Å². The minimum atomic E-state index is -0.581. The third-order valence-corrected chi connectivity index (χ3v) is 4.89. The van der Waals surface area contributed by atoms with E-state index in [1.54, 1.807) is 4.90 Å². The summed E-state index contributed by atoms with van der Waals surface area (Å²) in [6, 6.07) is 5.93. The maximum Gasteiger partial charge on any atom is 0.223 e. The highest BCUT2D eigenvalue weighted by molar-refractivity contribution is 6.31. The standard InChI is InChI=1S/C16H20ClNO2/c1-11-2-3-12(8-14(11)17)4-7-15(19)18-9-16(20,10-18)13-5-6-13/h2-3,8,13,20H,4-7,9-10H2,1H3. The molecular weight excluding hydrogens is 274 g/mol. The van der Waals surface area contributed by atoms with E-state index in [0.29, 0.717) is 31.8 Å². The highest BCUT2D eigenvalue weighted by Gasteiger charge is 2.52. The largest absolute Gasteiger partial charge is 0.386 e. The molecule has 2 aliphatic rings. The summed E-state index contributed by atoms with van der Waals surface area (Å²) < 4.78 is 0. The van der Waals surface area contributed by atoms with Crippen LogP contribution >= 0.6 is 11.6 Å². The lowest BCUT2D eigenvalue weighted by Crippen LogP contribution is -2.64. The van der Waals surface area contributed by atoms with Crippen LogP contribution in [-0.4, -0.2) is 34.6 Å². The van der Waals surface area contributed by atoms with Crippen LogP contribution in [0.5, 0.6) is 0 Å².